The number of hydrogen-bond acceptors (Lipinski definition) is 2. The van der Waals surface area contributed by atoms with Crippen LogP contribution in [0, 0.1) is 5.92 Å². The van der Waals surface area contributed by atoms with Gasteiger partial charge in [0.2, 0.25) is 0 Å². The van der Waals surface area contributed by atoms with E-state index >= 15 is 0 Å². The van der Waals surface area contributed by atoms with Crippen LogP contribution in [0.4, 0.5) is 0 Å². The van der Waals surface area contributed by atoms with Crippen LogP contribution in [0.1, 0.15) is 44.6 Å². The first kappa shape index (κ1) is 14.4. The minimum absolute atomic E-state index is 0.390. The van der Waals surface area contributed by atoms with Crippen LogP contribution in [0.3, 0.4) is 0 Å². The minimum atomic E-state index is -0.774. The Hall–Kier alpha value is -1.97. The van der Waals surface area contributed by atoms with Gasteiger partial charge in [0.1, 0.15) is 0 Å². The molecule has 0 aliphatic carbocycles. The number of nitrogen functional groups attached to an aromatic ring is 1. The van der Waals surface area contributed by atoms with Gasteiger partial charge in [-0.2, -0.15) is 0 Å². The number of carboxylic acids is 1. The second kappa shape index (κ2) is 5.99. The lowest BCUT2D eigenvalue weighted by Crippen LogP contribution is -2.15. The summed E-state index contributed by atoms with van der Waals surface area (Å²) in [5.41, 5.74) is 1.69. The summed E-state index contributed by atoms with van der Waals surface area (Å²) in [6, 6.07) is 7.67. The lowest BCUT2D eigenvalue weighted by molar-refractivity contribution is -0.139. The Morgan fingerprint density at radius 2 is 2.10 bits per heavy atom. The smallest absolute Gasteiger partial charge is 0.311 e. The Kier molecular flexibility index (Phi) is 4.32. The van der Waals surface area contributed by atoms with Crippen molar-refractivity contribution in [2.75, 3.05) is 5.84 Å². The monoisotopic (exact) mass is 274 g/mol. The molecule has 1 aromatic heterocycles. The molecule has 4 nitrogen and oxygen atoms in total. The first-order valence-electron chi connectivity index (χ1n) is 7.12. The molecule has 0 spiro atoms. The molecule has 20 heavy (non-hydrogen) atoms. The van der Waals surface area contributed by atoms with Crippen LogP contribution in [0.2, 0.25) is 0 Å². The van der Waals surface area contributed by atoms with Crippen molar-refractivity contribution in [1.82, 2.24) is 4.68 Å². The van der Waals surface area contributed by atoms with E-state index in [4.69, 9.17) is 5.84 Å². The molecule has 3 N–H and O–H groups in total. The van der Waals surface area contributed by atoms with Gasteiger partial charge in [0, 0.05) is 11.6 Å². The number of benzene rings is 1. The maximum Gasteiger partial charge on any atom is 0.311 e. The second-order valence-corrected chi connectivity index (χ2v) is 5.53. The molecule has 1 aromatic carbocycles. The standard InChI is InChI=1S/C16H22N2O2/c1-3-6-11(2)9-13(16(19)20)14-10-18(17)15-8-5-4-7-12(14)15/h4-5,7-8,10-11,13H,3,6,9,17H2,1-2H3,(H,19,20). The normalized spacial score (nSPS) is 14.3. The molecule has 0 radical (unpaired) electrons. The highest BCUT2D eigenvalue weighted by Crippen LogP contribution is 2.32. The van der Waals surface area contributed by atoms with E-state index in [1.54, 1.807) is 6.20 Å². The lowest BCUT2D eigenvalue weighted by atomic mass is 9.87. The van der Waals surface area contributed by atoms with Gasteiger partial charge in [-0.05, 0) is 24.0 Å². The lowest BCUT2D eigenvalue weighted by Gasteiger charge is -2.16. The van der Waals surface area contributed by atoms with Gasteiger partial charge < -0.3 is 10.9 Å². The van der Waals surface area contributed by atoms with E-state index in [0.717, 1.165) is 29.3 Å². The molecule has 0 saturated carbocycles. The van der Waals surface area contributed by atoms with Crippen LogP contribution in [-0.4, -0.2) is 15.8 Å². The summed E-state index contributed by atoms with van der Waals surface area (Å²) >= 11 is 0. The number of fused-ring (bicyclic) bond motifs is 1. The average Bonchev–Trinajstić information content (AvgIpc) is 2.74. The van der Waals surface area contributed by atoms with E-state index in [-0.39, 0.29) is 0 Å². The third-order valence-electron chi connectivity index (χ3n) is 3.86. The van der Waals surface area contributed by atoms with E-state index in [1.807, 2.05) is 24.3 Å². The summed E-state index contributed by atoms with van der Waals surface area (Å²) < 4.78 is 1.52. The van der Waals surface area contributed by atoms with E-state index in [1.165, 1.54) is 4.68 Å². The number of carbonyl (C=O) groups is 1. The van der Waals surface area contributed by atoms with Crippen molar-refractivity contribution in [2.24, 2.45) is 5.92 Å². The van der Waals surface area contributed by atoms with Crippen molar-refractivity contribution >= 4 is 16.9 Å². The largest absolute Gasteiger partial charge is 0.481 e. The highest BCUT2D eigenvalue weighted by molar-refractivity contribution is 5.89. The van der Waals surface area contributed by atoms with Gasteiger partial charge in [-0.25, -0.2) is 0 Å². The molecule has 0 amide bonds. The second-order valence-electron chi connectivity index (χ2n) is 5.53. The Bertz CT molecular complexity index is 604. The summed E-state index contributed by atoms with van der Waals surface area (Å²) in [5.74, 6) is 5.05. The van der Waals surface area contributed by atoms with Gasteiger partial charge in [0.25, 0.3) is 0 Å². The first-order valence-corrected chi connectivity index (χ1v) is 7.12. The molecule has 0 bridgehead atoms. The number of aliphatic carboxylic acids is 1. The Balaban J connectivity index is 2.39. The number of rotatable bonds is 6. The van der Waals surface area contributed by atoms with Gasteiger partial charge in [-0.3, -0.25) is 9.47 Å². The fourth-order valence-corrected chi connectivity index (χ4v) is 2.88. The summed E-state index contributed by atoms with van der Waals surface area (Å²) in [6.07, 6.45) is 4.52. The molecule has 0 aliphatic rings. The molecule has 1 heterocycles. The van der Waals surface area contributed by atoms with Crippen LogP contribution in [0.15, 0.2) is 30.5 Å². The number of para-hydroxylation sites is 1. The molecule has 2 aromatic rings. The predicted octanol–water partition coefficient (Wildman–Crippen LogP) is 3.35. The zero-order valence-corrected chi connectivity index (χ0v) is 12.0. The van der Waals surface area contributed by atoms with Crippen LogP contribution < -0.4 is 5.84 Å². The van der Waals surface area contributed by atoms with Crippen LogP contribution >= 0.6 is 0 Å². The van der Waals surface area contributed by atoms with Crippen LogP contribution in [0.5, 0.6) is 0 Å². The Morgan fingerprint density at radius 1 is 1.40 bits per heavy atom. The molecular weight excluding hydrogens is 252 g/mol. The Labute approximate surface area is 119 Å². The highest BCUT2D eigenvalue weighted by Gasteiger charge is 2.25. The van der Waals surface area contributed by atoms with Gasteiger partial charge in [-0.1, -0.05) is 44.9 Å². The molecule has 108 valence electrons. The maximum absolute atomic E-state index is 11.6. The molecule has 2 rings (SSSR count). The van der Waals surface area contributed by atoms with Crippen LogP contribution in [-0.2, 0) is 4.79 Å². The minimum Gasteiger partial charge on any atom is -0.481 e. The number of nitrogens with two attached hydrogens (primary N) is 1. The number of nitrogens with zero attached hydrogens (tertiary/aromatic N) is 1. The van der Waals surface area contributed by atoms with Gasteiger partial charge >= 0.3 is 5.97 Å². The zero-order valence-electron chi connectivity index (χ0n) is 12.0. The van der Waals surface area contributed by atoms with E-state index in [9.17, 15) is 9.90 Å². The zero-order chi connectivity index (χ0) is 14.7. The molecule has 0 saturated heterocycles. The summed E-state index contributed by atoms with van der Waals surface area (Å²) in [7, 11) is 0. The topological polar surface area (TPSA) is 68.2 Å². The molecule has 0 fully saturated rings. The van der Waals surface area contributed by atoms with Crippen molar-refractivity contribution in [2.45, 2.75) is 39.0 Å². The van der Waals surface area contributed by atoms with Crippen molar-refractivity contribution in [3.63, 3.8) is 0 Å². The SMILES string of the molecule is CCCC(C)CC(C(=O)O)c1cn(N)c2ccccc12. The Morgan fingerprint density at radius 3 is 2.75 bits per heavy atom. The van der Waals surface area contributed by atoms with Gasteiger partial charge in [0.05, 0.1) is 11.4 Å². The average molecular weight is 274 g/mol. The quantitative estimate of drug-likeness (QED) is 0.794. The maximum atomic E-state index is 11.6. The third kappa shape index (κ3) is 2.79. The van der Waals surface area contributed by atoms with Crippen LogP contribution in [0.25, 0.3) is 10.9 Å². The molecule has 0 aliphatic heterocycles. The summed E-state index contributed by atoms with van der Waals surface area (Å²) in [4.78, 5) is 11.6. The fraction of sp³-hybridized carbons (Fsp3) is 0.438. The van der Waals surface area contributed by atoms with Crippen molar-refractivity contribution < 1.29 is 9.90 Å². The summed E-state index contributed by atoms with van der Waals surface area (Å²) in [6.45, 7) is 4.24. The fourth-order valence-electron chi connectivity index (χ4n) is 2.88. The number of aromatic nitrogens is 1. The molecule has 2 atom stereocenters. The van der Waals surface area contributed by atoms with Crippen molar-refractivity contribution in [1.29, 1.82) is 0 Å². The first-order chi connectivity index (χ1) is 9.54. The van der Waals surface area contributed by atoms with Crippen molar-refractivity contribution in [3.8, 4) is 0 Å². The van der Waals surface area contributed by atoms with E-state index < -0.39 is 11.9 Å². The molecule has 2 unspecified atom stereocenters. The summed E-state index contributed by atoms with van der Waals surface area (Å²) in [5, 5.41) is 10.5. The molecule has 4 heteroatoms. The van der Waals surface area contributed by atoms with Crippen molar-refractivity contribution in [3.05, 3.63) is 36.0 Å². The number of carboxylic acid groups (broad SMARTS) is 1. The highest BCUT2D eigenvalue weighted by atomic mass is 16.4. The van der Waals surface area contributed by atoms with Gasteiger partial charge in [0.15, 0.2) is 0 Å². The van der Waals surface area contributed by atoms with Gasteiger partial charge in [-0.15, -0.1) is 0 Å². The van der Waals surface area contributed by atoms with E-state index in [0.29, 0.717) is 12.3 Å². The van der Waals surface area contributed by atoms with E-state index in [2.05, 4.69) is 13.8 Å². The third-order valence-corrected chi connectivity index (χ3v) is 3.86. The number of hydrogen-bond donors (Lipinski definition) is 2. The predicted molar refractivity (Wildman–Crippen MR) is 81.2 cm³/mol. The molecular formula is C16H22N2O2.